The first-order valence-electron chi connectivity index (χ1n) is 11.9. The van der Waals surface area contributed by atoms with Gasteiger partial charge in [-0.3, -0.25) is 0 Å². The van der Waals surface area contributed by atoms with Crippen molar-refractivity contribution >= 4 is 0 Å². The van der Waals surface area contributed by atoms with E-state index >= 15 is 0 Å². The van der Waals surface area contributed by atoms with Crippen LogP contribution in [0.4, 0.5) is 0 Å². The van der Waals surface area contributed by atoms with E-state index < -0.39 is 17.8 Å². The fourth-order valence-corrected chi connectivity index (χ4v) is 6.92. The van der Waals surface area contributed by atoms with Crippen molar-refractivity contribution in [1.29, 1.82) is 0 Å². The van der Waals surface area contributed by atoms with Crippen LogP contribution in [0.15, 0.2) is 47.6 Å². The number of aliphatic hydroxyl groups is 3. The van der Waals surface area contributed by atoms with Gasteiger partial charge in [0.25, 0.3) is 0 Å². The Morgan fingerprint density at radius 1 is 1.20 bits per heavy atom. The second-order valence-electron chi connectivity index (χ2n) is 11.3. The van der Waals surface area contributed by atoms with Gasteiger partial charge in [-0.05, 0) is 99.0 Å². The van der Waals surface area contributed by atoms with E-state index in [0.29, 0.717) is 35.5 Å². The number of hydrogen-bond acceptors (Lipinski definition) is 3. The first kappa shape index (κ1) is 22.0. The molecule has 0 radical (unpaired) electrons. The van der Waals surface area contributed by atoms with Gasteiger partial charge >= 0.3 is 0 Å². The Hall–Kier alpha value is -1.16. The second-order valence-corrected chi connectivity index (χ2v) is 11.3. The molecule has 0 aromatic heterocycles. The second kappa shape index (κ2) is 7.76. The topological polar surface area (TPSA) is 60.7 Å². The molecule has 1 spiro atoms. The fourth-order valence-electron chi connectivity index (χ4n) is 6.92. The first-order chi connectivity index (χ1) is 14.1. The average molecular weight is 413 g/mol. The van der Waals surface area contributed by atoms with Crippen LogP contribution in [-0.2, 0) is 0 Å². The Kier molecular flexibility index (Phi) is 5.70. The number of aliphatic hydroxyl groups excluding tert-OH is 2. The quantitative estimate of drug-likeness (QED) is 0.554. The van der Waals surface area contributed by atoms with Gasteiger partial charge in [0.15, 0.2) is 0 Å². The molecule has 0 saturated heterocycles. The van der Waals surface area contributed by atoms with E-state index in [0.717, 1.165) is 24.0 Å². The van der Waals surface area contributed by atoms with E-state index in [-0.39, 0.29) is 0 Å². The van der Waals surface area contributed by atoms with E-state index in [1.807, 2.05) is 13.8 Å². The zero-order chi connectivity index (χ0) is 21.7. The van der Waals surface area contributed by atoms with Crippen molar-refractivity contribution < 1.29 is 15.3 Å². The molecule has 0 aromatic carbocycles. The fraction of sp³-hybridized carbons (Fsp3) is 0.704. The average Bonchev–Trinajstić information content (AvgIpc) is 3.27. The van der Waals surface area contributed by atoms with Crippen LogP contribution < -0.4 is 0 Å². The Labute approximate surface area is 182 Å². The van der Waals surface area contributed by atoms with E-state index in [9.17, 15) is 15.3 Å². The van der Waals surface area contributed by atoms with Crippen LogP contribution in [0.25, 0.3) is 0 Å². The zero-order valence-electron chi connectivity index (χ0n) is 19.0. The molecular weight excluding hydrogens is 372 g/mol. The SMILES string of the molecule is C=C1/C(=C\C=C2/CCC[C@@]3(C)[C@H]2CC[C@]32C[C@H]2/C=C\CC(C)(C)O)C[C@@H](O)C[C@@H]1O. The van der Waals surface area contributed by atoms with Crippen molar-refractivity contribution in [2.45, 2.75) is 96.4 Å². The minimum Gasteiger partial charge on any atom is -0.393 e. The van der Waals surface area contributed by atoms with Gasteiger partial charge in [-0.1, -0.05) is 43.4 Å². The lowest BCUT2D eigenvalue weighted by atomic mass is 9.61. The molecule has 0 bridgehead atoms. The summed E-state index contributed by atoms with van der Waals surface area (Å²) in [4.78, 5) is 0. The standard InChI is InChI=1S/C27H40O3/c1-18-20(15-22(28)16-24(18)29)10-9-19-7-5-13-26(4)23(19)11-14-27(26)17-21(27)8-6-12-25(2,3)30/h6,8-10,21-24,28-30H,1,5,7,11-17H2,2-4H3/b8-6-,19-9+,20-10-/t21-,22-,23+,24+,26+,27-/m1/s1. The van der Waals surface area contributed by atoms with Crippen LogP contribution in [0, 0.1) is 22.7 Å². The molecule has 0 aromatic rings. The summed E-state index contributed by atoms with van der Waals surface area (Å²) in [7, 11) is 0. The molecule has 0 aliphatic heterocycles. The number of fused-ring (bicyclic) bond motifs is 2. The van der Waals surface area contributed by atoms with Gasteiger partial charge in [0.05, 0.1) is 17.8 Å². The molecule has 4 saturated carbocycles. The molecule has 4 aliphatic carbocycles. The molecule has 3 nitrogen and oxygen atoms in total. The molecule has 3 heteroatoms. The van der Waals surface area contributed by atoms with Crippen molar-refractivity contribution in [3.05, 3.63) is 47.6 Å². The van der Waals surface area contributed by atoms with Crippen molar-refractivity contribution in [1.82, 2.24) is 0 Å². The van der Waals surface area contributed by atoms with Crippen molar-refractivity contribution in [3.63, 3.8) is 0 Å². The van der Waals surface area contributed by atoms with Crippen molar-refractivity contribution in [3.8, 4) is 0 Å². The first-order valence-corrected chi connectivity index (χ1v) is 11.9. The molecule has 166 valence electrons. The minimum absolute atomic E-state index is 0.363. The highest BCUT2D eigenvalue weighted by molar-refractivity contribution is 5.39. The summed E-state index contributed by atoms with van der Waals surface area (Å²) in [5.41, 5.74) is 3.52. The summed E-state index contributed by atoms with van der Waals surface area (Å²) in [6.45, 7) is 10.3. The molecule has 4 fully saturated rings. The number of hydrogen-bond donors (Lipinski definition) is 3. The van der Waals surface area contributed by atoms with Crippen LogP contribution in [0.2, 0.25) is 0 Å². The molecular formula is C27H40O3. The highest BCUT2D eigenvalue weighted by Gasteiger charge is 2.68. The maximum absolute atomic E-state index is 10.1. The lowest BCUT2D eigenvalue weighted by Gasteiger charge is -2.43. The lowest BCUT2D eigenvalue weighted by molar-refractivity contribution is 0.0834. The molecule has 0 heterocycles. The van der Waals surface area contributed by atoms with E-state index in [1.165, 1.54) is 32.1 Å². The third kappa shape index (κ3) is 3.89. The lowest BCUT2D eigenvalue weighted by Crippen LogP contribution is -2.35. The zero-order valence-corrected chi connectivity index (χ0v) is 19.0. The normalized spacial score (nSPS) is 44.4. The number of rotatable bonds is 4. The summed E-state index contributed by atoms with van der Waals surface area (Å²) in [5, 5.41) is 30.2. The molecule has 30 heavy (non-hydrogen) atoms. The third-order valence-corrected chi connectivity index (χ3v) is 8.78. The Morgan fingerprint density at radius 2 is 1.97 bits per heavy atom. The summed E-state index contributed by atoms with van der Waals surface area (Å²) < 4.78 is 0. The van der Waals surface area contributed by atoms with Gasteiger partial charge in [-0.15, -0.1) is 0 Å². The van der Waals surface area contributed by atoms with Gasteiger partial charge in [0.2, 0.25) is 0 Å². The van der Waals surface area contributed by atoms with Crippen LogP contribution in [0.1, 0.15) is 78.6 Å². The third-order valence-electron chi connectivity index (χ3n) is 8.78. The molecule has 4 rings (SSSR count). The van der Waals surface area contributed by atoms with E-state index in [2.05, 4.69) is 37.8 Å². The van der Waals surface area contributed by atoms with Gasteiger partial charge in [-0.25, -0.2) is 0 Å². The number of allylic oxidation sites excluding steroid dienone is 4. The van der Waals surface area contributed by atoms with Crippen molar-refractivity contribution in [2.75, 3.05) is 0 Å². The van der Waals surface area contributed by atoms with Crippen LogP contribution in [-0.4, -0.2) is 33.1 Å². The van der Waals surface area contributed by atoms with Gasteiger partial charge in [0.1, 0.15) is 0 Å². The highest BCUT2D eigenvalue weighted by Crippen LogP contribution is 2.77. The Bertz CT molecular complexity index is 782. The summed E-state index contributed by atoms with van der Waals surface area (Å²) >= 11 is 0. The Morgan fingerprint density at radius 3 is 2.70 bits per heavy atom. The maximum atomic E-state index is 10.1. The van der Waals surface area contributed by atoms with Crippen LogP contribution in [0.3, 0.4) is 0 Å². The summed E-state index contributed by atoms with van der Waals surface area (Å²) in [6, 6.07) is 0. The predicted octanol–water partition coefficient (Wildman–Crippen LogP) is 5.23. The van der Waals surface area contributed by atoms with E-state index in [4.69, 9.17) is 0 Å². The summed E-state index contributed by atoms with van der Waals surface area (Å²) in [6.07, 6.45) is 17.3. The van der Waals surface area contributed by atoms with Crippen LogP contribution >= 0.6 is 0 Å². The smallest absolute Gasteiger partial charge is 0.0811 e. The predicted molar refractivity (Wildman–Crippen MR) is 122 cm³/mol. The van der Waals surface area contributed by atoms with Gasteiger partial charge in [0, 0.05) is 6.42 Å². The van der Waals surface area contributed by atoms with Crippen LogP contribution in [0.5, 0.6) is 0 Å². The van der Waals surface area contributed by atoms with Gasteiger partial charge < -0.3 is 15.3 Å². The van der Waals surface area contributed by atoms with Crippen molar-refractivity contribution in [2.24, 2.45) is 22.7 Å². The monoisotopic (exact) mass is 412 g/mol. The molecule has 0 unspecified atom stereocenters. The highest BCUT2D eigenvalue weighted by atomic mass is 16.3. The molecule has 0 amide bonds. The molecule has 6 atom stereocenters. The largest absolute Gasteiger partial charge is 0.393 e. The minimum atomic E-state index is -0.626. The van der Waals surface area contributed by atoms with Gasteiger partial charge in [-0.2, -0.15) is 0 Å². The Balaban J connectivity index is 1.50. The molecule has 3 N–H and O–H groups in total. The maximum Gasteiger partial charge on any atom is 0.0811 e. The molecule has 4 aliphatic rings. The summed E-state index contributed by atoms with van der Waals surface area (Å²) in [5.74, 6) is 1.30. The van der Waals surface area contributed by atoms with E-state index in [1.54, 1.807) is 5.57 Å².